The molecule has 7 nitrogen and oxygen atoms in total. The zero-order valence-corrected chi connectivity index (χ0v) is 19.2. The molecule has 3 unspecified atom stereocenters. The summed E-state index contributed by atoms with van der Waals surface area (Å²) in [5.41, 5.74) is 0.140. The molecule has 1 aromatic rings. The summed E-state index contributed by atoms with van der Waals surface area (Å²) in [6, 6.07) is 5.60. The number of hydrogen-bond acceptors (Lipinski definition) is 5. The molecule has 32 heavy (non-hydrogen) atoms. The lowest BCUT2D eigenvalue weighted by Gasteiger charge is -2.29. The molecule has 1 aromatic carbocycles. The van der Waals surface area contributed by atoms with Gasteiger partial charge in [-0.25, -0.2) is 14.5 Å². The van der Waals surface area contributed by atoms with E-state index in [2.05, 4.69) is 12.2 Å². The van der Waals surface area contributed by atoms with Crippen LogP contribution in [0.5, 0.6) is 0 Å². The highest BCUT2D eigenvalue weighted by Crippen LogP contribution is 2.44. The summed E-state index contributed by atoms with van der Waals surface area (Å²) in [7, 11) is 1.29. The summed E-state index contributed by atoms with van der Waals surface area (Å²) in [4.78, 5) is 42.2. The summed E-state index contributed by atoms with van der Waals surface area (Å²) >= 11 is 0. The second-order valence-electron chi connectivity index (χ2n) is 9.92. The molecule has 2 aliphatic carbocycles. The van der Waals surface area contributed by atoms with Crippen LogP contribution in [-0.4, -0.2) is 54.7 Å². The van der Waals surface area contributed by atoms with Gasteiger partial charge in [-0.2, -0.15) is 0 Å². The number of carbonyl (C=O) groups is 3. The summed E-state index contributed by atoms with van der Waals surface area (Å²) < 4.78 is 10.7. The van der Waals surface area contributed by atoms with E-state index in [1.54, 1.807) is 29.2 Å². The molecule has 3 amide bonds. The fraction of sp³-hybridized carbons (Fsp3) is 0.560. The summed E-state index contributed by atoms with van der Waals surface area (Å²) in [6.45, 7) is 6.80. The van der Waals surface area contributed by atoms with Gasteiger partial charge in [-0.3, -0.25) is 4.79 Å². The van der Waals surface area contributed by atoms with Gasteiger partial charge in [0.2, 0.25) is 0 Å². The van der Waals surface area contributed by atoms with E-state index in [-0.39, 0.29) is 28.8 Å². The fourth-order valence-electron chi connectivity index (χ4n) is 5.13. The molecule has 2 fully saturated rings. The summed E-state index contributed by atoms with van der Waals surface area (Å²) in [5, 5.41) is 0. The number of imide groups is 1. The zero-order valence-electron chi connectivity index (χ0n) is 19.2. The number of urea groups is 1. The van der Waals surface area contributed by atoms with Crippen LogP contribution in [0.2, 0.25) is 0 Å². The van der Waals surface area contributed by atoms with Crippen LogP contribution in [0.15, 0.2) is 36.4 Å². The Kier molecular flexibility index (Phi) is 6.12. The number of benzene rings is 1. The zero-order chi connectivity index (χ0) is 23.0. The van der Waals surface area contributed by atoms with Crippen molar-refractivity contribution in [1.82, 2.24) is 4.90 Å². The Balaban J connectivity index is 1.61. The first-order valence-corrected chi connectivity index (χ1v) is 11.3. The molecule has 2 bridgehead atoms. The predicted molar refractivity (Wildman–Crippen MR) is 120 cm³/mol. The Labute approximate surface area is 189 Å². The Hall–Kier alpha value is -2.67. The van der Waals surface area contributed by atoms with E-state index in [0.717, 1.165) is 17.7 Å². The average molecular weight is 441 g/mol. The van der Waals surface area contributed by atoms with E-state index in [1.807, 2.05) is 20.8 Å². The third-order valence-corrected chi connectivity index (χ3v) is 6.64. The maximum atomic E-state index is 13.6. The van der Waals surface area contributed by atoms with E-state index in [4.69, 9.17) is 9.47 Å². The topological polar surface area (TPSA) is 76.2 Å². The highest BCUT2D eigenvalue weighted by atomic mass is 16.5. The van der Waals surface area contributed by atoms with Crippen LogP contribution in [0.25, 0.3) is 0 Å². The molecular formula is C25H32N2O5. The predicted octanol–water partition coefficient (Wildman–Crippen LogP) is 4.03. The number of carbonyl (C=O) groups excluding carboxylic acids is 3. The fourth-order valence-corrected chi connectivity index (χ4v) is 5.13. The van der Waals surface area contributed by atoms with E-state index in [1.165, 1.54) is 7.11 Å². The van der Waals surface area contributed by atoms with Crippen LogP contribution in [0.4, 0.5) is 10.5 Å². The van der Waals surface area contributed by atoms with E-state index < -0.39 is 12.0 Å². The molecule has 0 N–H and O–H groups in total. The molecule has 0 radical (unpaired) electrons. The standard InChI is InChI=1S/C25H32N2O5/c1-25(2,3)32-12-11-21-22(28)27(20-8-6-5-7-19(20)23(29)31-4)24(30)26(21)15-18-14-16-9-10-17(18)13-16/h5-10,16-18,21H,11-15H2,1-4H3/t16?,17?,18?,21-/m0/s1. The summed E-state index contributed by atoms with van der Waals surface area (Å²) in [5.74, 6) is 0.500. The highest BCUT2D eigenvalue weighted by molar-refractivity contribution is 6.23. The largest absolute Gasteiger partial charge is 0.465 e. The third kappa shape index (κ3) is 4.31. The molecule has 3 aliphatic rings. The molecule has 172 valence electrons. The molecule has 1 aliphatic heterocycles. The van der Waals surface area contributed by atoms with Gasteiger partial charge in [0, 0.05) is 19.6 Å². The van der Waals surface area contributed by atoms with Gasteiger partial charge >= 0.3 is 12.0 Å². The van der Waals surface area contributed by atoms with Crippen molar-refractivity contribution >= 4 is 23.6 Å². The van der Waals surface area contributed by atoms with Crippen molar-refractivity contribution in [3.63, 3.8) is 0 Å². The van der Waals surface area contributed by atoms with E-state index >= 15 is 0 Å². The van der Waals surface area contributed by atoms with Crippen molar-refractivity contribution in [3.8, 4) is 0 Å². The second kappa shape index (κ2) is 8.70. The monoisotopic (exact) mass is 440 g/mol. The van der Waals surface area contributed by atoms with E-state index in [9.17, 15) is 14.4 Å². The number of esters is 1. The van der Waals surface area contributed by atoms with Gasteiger partial charge in [-0.1, -0.05) is 24.3 Å². The molecule has 0 spiro atoms. The minimum Gasteiger partial charge on any atom is -0.465 e. The Morgan fingerprint density at radius 3 is 2.50 bits per heavy atom. The first-order valence-electron chi connectivity index (χ1n) is 11.3. The number of amides is 3. The highest BCUT2D eigenvalue weighted by Gasteiger charge is 2.49. The van der Waals surface area contributed by atoms with Crippen molar-refractivity contribution < 1.29 is 23.9 Å². The lowest BCUT2D eigenvalue weighted by molar-refractivity contribution is -0.121. The van der Waals surface area contributed by atoms with Gasteiger partial charge in [0.05, 0.1) is 24.0 Å². The number of para-hydroxylation sites is 1. The van der Waals surface area contributed by atoms with Gasteiger partial charge in [0.15, 0.2) is 0 Å². The smallest absolute Gasteiger partial charge is 0.339 e. The first kappa shape index (κ1) is 22.5. The van der Waals surface area contributed by atoms with Crippen molar-refractivity contribution in [1.29, 1.82) is 0 Å². The molecule has 1 saturated carbocycles. The van der Waals surface area contributed by atoms with Gasteiger partial charge in [-0.15, -0.1) is 0 Å². The molecule has 1 saturated heterocycles. The number of anilines is 1. The minimum atomic E-state index is -0.612. The van der Waals surface area contributed by atoms with Crippen LogP contribution in [-0.2, 0) is 14.3 Å². The van der Waals surface area contributed by atoms with Gasteiger partial charge < -0.3 is 14.4 Å². The average Bonchev–Trinajstić information content (AvgIpc) is 3.43. The van der Waals surface area contributed by atoms with Gasteiger partial charge in [-0.05, 0) is 63.5 Å². The number of methoxy groups -OCH3 is 1. The van der Waals surface area contributed by atoms with Crippen LogP contribution in [0.1, 0.15) is 50.4 Å². The maximum absolute atomic E-state index is 13.6. The van der Waals surface area contributed by atoms with E-state index in [0.29, 0.717) is 37.3 Å². The molecule has 7 heteroatoms. The normalized spacial score (nSPS) is 27.0. The van der Waals surface area contributed by atoms with Gasteiger partial charge in [0.1, 0.15) is 6.04 Å². The minimum absolute atomic E-state index is 0.200. The van der Waals surface area contributed by atoms with Crippen molar-refractivity contribution in [3.05, 3.63) is 42.0 Å². The molecule has 1 heterocycles. The number of allylic oxidation sites excluding steroid dienone is 2. The number of nitrogens with zero attached hydrogens (tertiary/aromatic N) is 2. The maximum Gasteiger partial charge on any atom is 0.339 e. The van der Waals surface area contributed by atoms with Crippen LogP contribution in [0.3, 0.4) is 0 Å². The van der Waals surface area contributed by atoms with Crippen LogP contribution >= 0.6 is 0 Å². The first-order chi connectivity index (χ1) is 15.2. The second-order valence-corrected chi connectivity index (χ2v) is 9.92. The number of ether oxygens (including phenoxy) is 2. The quantitative estimate of drug-likeness (QED) is 0.364. The number of rotatable bonds is 7. The molecule has 0 aromatic heterocycles. The Morgan fingerprint density at radius 1 is 1.12 bits per heavy atom. The number of hydrogen-bond donors (Lipinski definition) is 0. The number of fused-ring (bicyclic) bond motifs is 2. The van der Waals surface area contributed by atoms with Crippen molar-refractivity contribution in [2.75, 3.05) is 25.2 Å². The van der Waals surface area contributed by atoms with Crippen LogP contribution in [0, 0.1) is 17.8 Å². The molecule has 4 atom stereocenters. The van der Waals surface area contributed by atoms with Crippen molar-refractivity contribution in [2.45, 2.75) is 51.7 Å². The Bertz CT molecular complexity index is 935. The lowest BCUT2D eigenvalue weighted by atomic mass is 9.92. The third-order valence-electron chi connectivity index (χ3n) is 6.64. The summed E-state index contributed by atoms with van der Waals surface area (Å²) in [6.07, 6.45) is 7.11. The van der Waals surface area contributed by atoms with Gasteiger partial charge in [0.25, 0.3) is 5.91 Å². The molecule has 4 rings (SSSR count). The lowest BCUT2D eigenvalue weighted by Crippen LogP contribution is -2.40. The van der Waals surface area contributed by atoms with Crippen molar-refractivity contribution in [2.24, 2.45) is 17.8 Å². The molecular weight excluding hydrogens is 408 g/mol. The van der Waals surface area contributed by atoms with Crippen LogP contribution < -0.4 is 4.90 Å². The Morgan fingerprint density at radius 2 is 1.88 bits per heavy atom. The SMILES string of the molecule is COC(=O)c1ccccc1N1C(=O)[C@H](CCOC(C)(C)C)N(CC2CC3C=CC2C3)C1=O.